The van der Waals surface area contributed by atoms with Crippen LogP contribution >= 0.6 is 0 Å². The second-order valence-corrected chi connectivity index (χ2v) is 17.3. The van der Waals surface area contributed by atoms with Crippen molar-refractivity contribution in [3.05, 3.63) is 0 Å². The zero-order valence-electron chi connectivity index (χ0n) is 38.1. The Labute approximate surface area is 348 Å². The predicted octanol–water partition coefficient (Wildman–Crippen LogP) is 15.9. The standard InChI is InChI=1S/C50H96O6/c1-5-8-10-12-14-16-17-18-19-20-21-26-29-33-37-41-48(51)54-44-47(56-50(53)43-39-35-31-24-15-13-11-9-6-2)45-55-49(52)42-38-34-30-27-23-22-25-28-32-36-40-46(4)7-3/h46-47H,5-45H2,1-4H3/t46?,47-/m1/s1. The van der Waals surface area contributed by atoms with Crippen LogP contribution in [0.1, 0.15) is 278 Å². The Morgan fingerprint density at radius 1 is 0.357 bits per heavy atom. The van der Waals surface area contributed by atoms with Gasteiger partial charge in [0.1, 0.15) is 13.2 Å². The first-order chi connectivity index (χ1) is 27.4. The van der Waals surface area contributed by atoms with E-state index in [9.17, 15) is 14.4 Å². The van der Waals surface area contributed by atoms with Crippen LogP contribution in [-0.4, -0.2) is 37.2 Å². The molecule has 1 unspecified atom stereocenters. The van der Waals surface area contributed by atoms with Crippen LogP contribution in [-0.2, 0) is 28.6 Å². The Morgan fingerprint density at radius 3 is 0.929 bits per heavy atom. The highest BCUT2D eigenvalue weighted by Gasteiger charge is 2.19. The van der Waals surface area contributed by atoms with Crippen LogP contribution in [0.15, 0.2) is 0 Å². The van der Waals surface area contributed by atoms with Crippen molar-refractivity contribution in [2.24, 2.45) is 5.92 Å². The van der Waals surface area contributed by atoms with E-state index in [-0.39, 0.29) is 31.1 Å². The molecule has 0 rings (SSSR count). The average Bonchev–Trinajstić information content (AvgIpc) is 3.19. The maximum atomic E-state index is 12.7. The molecule has 0 saturated heterocycles. The van der Waals surface area contributed by atoms with Gasteiger partial charge in [-0.2, -0.15) is 0 Å². The van der Waals surface area contributed by atoms with E-state index in [0.717, 1.165) is 63.7 Å². The highest BCUT2D eigenvalue weighted by atomic mass is 16.6. The molecule has 0 aliphatic carbocycles. The molecule has 0 aromatic heterocycles. The lowest BCUT2D eigenvalue weighted by molar-refractivity contribution is -0.167. The van der Waals surface area contributed by atoms with E-state index >= 15 is 0 Å². The molecule has 332 valence electrons. The van der Waals surface area contributed by atoms with E-state index in [1.165, 1.54) is 173 Å². The van der Waals surface area contributed by atoms with Crippen LogP contribution in [0.3, 0.4) is 0 Å². The largest absolute Gasteiger partial charge is 0.462 e. The molecule has 0 radical (unpaired) electrons. The van der Waals surface area contributed by atoms with Crippen LogP contribution in [0.5, 0.6) is 0 Å². The average molecular weight is 793 g/mol. The SMILES string of the molecule is CCCCCCCCCCCCCCCCCC(=O)OC[C@H](COC(=O)CCCCCCCCCCCCC(C)CC)OC(=O)CCCCCCCCCCC. The minimum Gasteiger partial charge on any atom is -0.462 e. The third kappa shape index (κ3) is 42.0. The van der Waals surface area contributed by atoms with Gasteiger partial charge in [-0.05, 0) is 25.2 Å². The van der Waals surface area contributed by atoms with Gasteiger partial charge in [-0.1, -0.05) is 240 Å². The summed E-state index contributed by atoms with van der Waals surface area (Å²) in [5.74, 6) is 0.0196. The van der Waals surface area contributed by atoms with Gasteiger partial charge in [-0.3, -0.25) is 14.4 Å². The maximum Gasteiger partial charge on any atom is 0.306 e. The van der Waals surface area contributed by atoms with Crippen LogP contribution in [0, 0.1) is 5.92 Å². The van der Waals surface area contributed by atoms with Gasteiger partial charge in [0, 0.05) is 19.3 Å². The monoisotopic (exact) mass is 793 g/mol. The van der Waals surface area contributed by atoms with Crippen LogP contribution in [0.4, 0.5) is 0 Å². The number of esters is 3. The smallest absolute Gasteiger partial charge is 0.306 e. The van der Waals surface area contributed by atoms with E-state index in [1.807, 2.05) is 0 Å². The van der Waals surface area contributed by atoms with Gasteiger partial charge in [-0.15, -0.1) is 0 Å². The second-order valence-electron chi connectivity index (χ2n) is 17.3. The molecule has 0 aliphatic heterocycles. The zero-order chi connectivity index (χ0) is 41.0. The molecule has 56 heavy (non-hydrogen) atoms. The lowest BCUT2D eigenvalue weighted by Crippen LogP contribution is -2.30. The molecule has 0 saturated carbocycles. The van der Waals surface area contributed by atoms with Gasteiger partial charge in [0.05, 0.1) is 0 Å². The molecule has 2 atom stereocenters. The minimum absolute atomic E-state index is 0.0633. The first-order valence-corrected chi connectivity index (χ1v) is 24.9. The number of carbonyl (C=O) groups is 3. The first kappa shape index (κ1) is 54.4. The highest BCUT2D eigenvalue weighted by molar-refractivity contribution is 5.71. The predicted molar refractivity (Wildman–Crippen MR) is 238 cm³/mol. The van der Waals surface area contributed by atoms with Crippen molar-refractivity contribution >= 4 is 17.9 Å². The van der Waals surface area contributed by atoms with E-state index in [0.29, 0.717) is 19.3 Å². The zero-order valence-corrected chi connectivity index (χ0v) is 38.1. The quantitative estimate of drug-likeness (QED) is 0.0347. The summed E-state index contributed by atoms with van der Waals surface area (Å²) in [6.45, 7) is 9.02. The normalized spacial score (nSPS) is 12.4. The first-order valence-electron chi connectivity index (χ1n) is 24.9. The summed E-state index contributed by atoms with van der Waals surface area (Å²) in [6, 6.07) is 0. The summed E-state index contributed by atoms with van der Waals surface area (Å²) in [6.07, 6.45) is 45.1. The third-order valence-electron chi connectivity index (χ3n) is 11.7. The molecule has 0 aliphatic rings. The van der Waals surface area contributed by atoms with Gasteiger partial charge in [0.15, 0.2) is 6.10 Å². The molecule has 6 nitrogen and oxygen atoms in total. The summed E-state index contributed by atoms with van der Waals surface area (Å²) in [5.41, 5.74) is 0. The number of unbranched alkanes of at least 4 members (excludes halogenated alkanes) is 31. The molecule has 0 aromatic rings. The van der Waals surface area contributed by atoms with Crippen molar-refractivity contribution in [1.82, 2.24) is 0 Å². The Morgan fingerprint density at radius 2 is 0.625 bits per heavy atom. The number of ether oxygens (including phenoxy) is 3. The van der Waals surface area contributed by atoms with Crippen molar-refractivity contribution < 1.29 is 28.6 Å². The molecule has 0 aromatic carbocycles. The van der Waals surface area contributed by atoms with Crippen molar-refractivity contribution in [2.75, 3.05) is 13.2 Å². The maximum absolute atomic E-state index is 12.7. The van der Waals surface area contributed by atoms with E-state index in [2.05, 4.69) is 27.7 Å². The Hall–Kier alpha value is -1.59. The summed E-state index contributed by atoms with van der Waals surface area (Å²) in [4.78, 5) is 37.8. The molecular formula is C50H96O6. The van der Waals surface area contributed by atoms with Gasteiger partial charge in [0.2, 0.25) is 0 Å². The third-order valence-corrected chi connectivity index (χ3v) is 11.7. The van der Waals surface area contributed by atoms with E-state index in [1.54, 1.807) is 0 Å². The van der Waals surface area contributed by atoms with E-state index in [4.69, 9.17) is 14.2 Å². The molecule has 0 spiro atoms. The topological polar surface area (TPSA) is 78.9 Å². The van der Waals surface area contributed by atoms with Crippen molar-refractivity contribution in [1.29, 1.82) is 0 Å². The lowest BCUT2D eigenvalue weighted by atomic mass is 9.99. The van der Waals surface area contributed by atoms with Gasteiger partial charge in [-0.25, -0.2) is 0 Å². The fourth-order valence-corrected chi connectivity index (χ4v) is 7.48. The molecule has 6 heteroatoms. The Bertz CT molecular complexity index is 843. The van der Waals surface area contributed by atoms with Crippen molar-refractivity contribution in [3.63, 3.8) is 0 Å². The van der Waals surface area contributed by atoms with E-state index < -0.39 is 6.10 Å². The Balaban J connectivity index is 4.26. The lowest BCUT2D eigenvalue weighted by Gasteiger charge is -2.18. The van der Waals surface area contributed by atoms with Crippen LogP contribution < -0.4 is 0 Å². The number of rotatable bonds is 45. The fraction of sp³-hybridized carbons (Fsp3) is 0.940. The highest BCUT2D eigenvalue weighted by Crippen LogP contribution is 2.17. The second kappa shape index (κ2) is 44.5. The van der Waals surface area contributed by atoms with Crippen molar-refractivity contribution in [2.45, 2.75) is 284 Å². The minimum atomic E-state index is -0.759. The molecule has 0 amide bonds. The van der Waals surface area contributed by atoms with Gasteiger partial charge >= 0.3 is 17.9 Å². The van der Waals surface area contributed by atoms with Crippen LogP contribution in [0.25, 0.3) is 0 Å². The molecular weight excluding hydrogens is 697 g/mol. The summed E-state index contributed by atoms with van der Waals surface area (Å²) < 4.78 is 16.8. The van der Waals surface area contributed by atoms with Gasteiger partial charge < -0.3 is 14.2 Å². The Kier molecular flexibility index (Phi) is 43.2. The fourth-order valence-electron chi connectivity index (χ4n) is 7.48. The summed E-state index contributed by atoms with van der Waals surface area (Å²) in [5, 5.41) is 0. The number of hydrogen-bond acceptors (Lipinski definition) is 6. The summed E-state index contributed by atoms with van der Waals surface area (Å²) >= 11 is 0. The van der Waals surface area contributed by atoms with Crippen molar-refractivity contribution in [3.8, 4) is 0 Å². The molecule has 0 bridgehead atoms. The molecule has 0 fully saturated rings. The number of carbonyl (C=O) groups excluding carboxylic acids is 3. The van der Waals surface area contributed by atoms with Crippen LogP contribution in [0.2, 0.25) is 0 Å². The molecule has 0 heterocycles. The van der Waals surface area contributed by atoms with Gasteiger partial charge in [0.25, 0.3) is 0 Å². The number of hydrogen-bond donors (Lipinski definition) is 0. The summed E-state index contributed by atoms with van der Waals surface area (Å²) in [7, 11) is 0. The molecule has 0 N–H and O–H groups in total.